The molecule has 0 atom stereocenters. The van der Waals surface area contributed by atoms with Crippen molar-refractivity contribution in [3.05, 3.63) is 394 Å². The zero-order chi connectivity index (χ0) is 59.3. The summed E-state index contributed by atoms with van der Waals surface area (Å²) in [5.74, 6) is 0. The molecule has 16 aromatic carbocycles. The molecule has 0 aromatic heterocycles. The van der Waals surface area contributed by atoms with Gasteiger partial charge in [-0.3, -0.25) is 0 Å². The SMILES string of the molecule is c1ccc2c(c1)-c1ccccc1C21c2ccccc2-c2cc(-c3c4ccccc4c(C4(c5c6ccccc6c(-c6ccc7c(c6)-c6ccccc6C76c7ccccc7-c7ccccc76)c6ccccc56)c5ccccc5-c5ccccc54)c4ccccc34)ccc21. The van der Waals surface area contributed by atoms with Crippen molar-refractivity contribution < 1.29 is 0 Å². The molecule has 0 saturated carbocycles. The van der Waals surface area contributed by atoms with Gasteiger partial charge in [-0.1, -0.05) is 315 Å². The molecule has 0 aliphatic heterocycles. The molecular formula is C91H54. The van der Waals surface area contributed by atoms with Gasteiger partial charge in [0.15, 0.2) is 0 Å². The normalized spacial score (nSPS) is 14.6. The van der Waals surface area contributed by atoms with Crippen LogP contribution in [0, 0.1) is 0 Å². The molecule has 0 N–H and O–H groups in total. The molecule has 21 rings (SSSR count). The Balaban J connectivity index is 0.845. The fourth-order valence-electron chi connectivity index (χ4n) is 19.1. The summed E-state index contributed by atoms with van der Waals surface area (Å²) in [4.78, 5) is 0. The van der Waals surface area contributed by atoms with Crippen LogP contribution in [0.5, 0.6) is 0 Å². The van der Waals surface area contributed by atoms with Crippen LogP contribution in [0.4, 0.5) is 0 Å². The summed E-state index contributed by atoms with van der Waals surface area (Å²) in [5, 5.41) is 9.95. The van der Waals surface area contributed by atoms with Crippen LogP contribution in [0.1, 0.15) is 66.8 Å². The van der Waals surface area contributed by atoms with E-state index in [2.05, 4.69) is 328 Å². The summed E-state index contributed by atoms with van der Waals surface area (Å²) in [7, 11) is 0. The van der Waals surface area contributed by atoms with Crippen molar-refractivity contribution in [3.8, 4) is 77.9 Å². The Labute approximate surface area is 528 Å². The molecule has 0 fully saturated rings. The fraction of sp³-hybridized carbons (Fsp3) is 0.0330. The molecule has 0 radical (unpaired) electrons. The first-order chi connectivity index (χ1) is 45.2. The van der Waals surface area contributed by atoms with Crippen LogP contribution in [0.25, 0.3) is 121 Å². The number of fused-ring (bicyclic) bond motifs is 27. The highest BCUT2D eigenvalue weighted by Crippen LogP contribution is 2.67. The first-order valence-corrected chi connectivity index (χ1v) is 32.2. The Bertz CT molecular complexity index is 5360. The number of benzene rings is 16. The summed E-state index contributed by atoms with van der Waals surface area (Å²) in [6, 6.07) is 126. The second kappa shape index (κ2) is 17.9. The van der Waals surface area contributed by atoms with E-state index >= 15 is 0 Å². The summed E-state index contributed by atoms with van der Waals surface area (Å²) < 4.78 is 0. The van der Waals surface area contributed by atoms with Crippen molar-refractivity contribution in [2.75, 3.05) is 0 Å². The summed E-state index contributed by atoms with van der Waals surface area (Å²) in [6.07, 6.45) is 0. The molecule has 0 saturated heterocycles. The molecular weight excluding hydrogens is 1090 g/mol. The largest absolute Gasteiger partial charge is 0.0737 e. The van der Waals surface area contributed by atoms with Crippen LogP contribution < -0.4 is 0 Å². The molecule has 0 heteroatoms. The minimum absolute atomic E-state index is 0.424. The van der Waals surface area contributed by atoms with Gasteiger partial charge in [0.1, 0.15) is 0 Å². The summed E-state index contributed by atoms with van der Waals surface area (Å²) >= 11 is 0. The first kappa shape index (κ1) is 49.5. The van der Waals surface area contributed by atoms with Gasteiger partial charge in [0.25, 0.3) is 0 Å². The highest BCUT2D eigenvalue weighted by atomic mass is 14.6. The lowest BCUT2D eigenvalue weighted by atomic mass is 9.62. The highest BCUT2D eigenvalue weighted by molar-refractivity contribution is 6.22. The molecule has 0 unspecified atom stereocenters. The lowest BCUT2D eigenvalue weighted by Gasteiger charge is -2.38. The van der Waals surface area contributed by atoms with Crippen molar-refractivity contribution in [1.82, 2.24) is 0 Å². The molecule has 0 amide bonds. The fourth-order valence-corrected chi connectivity index (χ4v) is 19.1. The topological polar surface area (TPSA) is 0 Å². The molecule has 16 aromatic rings. The maximum atomic E-state index is 2.54. The average molecular weight is 1150 g/mol. The molecule has 2 spiro atoms. The molecule has 0 bridgehead atoms. The summed E-state index contributed by atoms with van der Waals surface area (Å²) in [6.45, 7) is 0. The Morgan fingerprint density at radius 1 is 0.143 bits per heavy atom. The van der Waals surface area contributed by atoms with Gasteiger partial charge in [0, 0.05) is 0 Å². The van der Waals surface area contributed by atoms with E-state index in [4.69, 9.17) is 0 Å². The van der Waals surface area contributed by atoms with Crippen molar-refractivity contribution in [2.24, 2.45) is 0 Å². The highest BCUT2D eigenvalue weighted by Gasteiger charge is 2.54. The van der Waals surface area contributed by atoms with Gasteiger partial charge in [-0.05, 0) is 200 Å². The van der Waals surface area contributed by atoms with Gasteiger partial charge < -0.3 is 0 Å². The van der Waals surface area contributed by atoms with Crippen LogP contribution in [0.2, 0.25) is 0 Å². The van der Waals surface area contributed by atoms with E-state index in [1.165, 1.54) is 188 Å². The van der Waals surface area contributed by atoms with Crippen LogP contribution in [0.3, 0.4) is 0 Å². The van der Waals surface area contributed by atoms with E-state index in [1.807, 2.05) is 0 Å². The second-order valence-electron chi connectivity index (χ2n) is 25.8. The number of hydrogen-bond donors (Lipinski definition) is 0. The molecule has 418 valence electrons. The monoisotopic (exact) mass is 1150 g/mol. The first-order valence-electron chi connectivity index (χ1n) is 32.2. The third-order valence-corrected chi connectivity index (χ3v) is 22.1. The van der Waals surface area contributed by atoms with Crippen LogP contribution >= 0.6 is 0 Å². The Morgan fingerprint density at radius 3 is 0.582 bits per heavy atom. The predicted octanol–water partition coefficient (Wildman–Crippen LogP) is 22.7. The van der Waals surface area contributed by atoms with Crippen molar-refractivity contribution in [2.45, 2.75) is 16.2 Å². The van der Waals surface area contributed by atoms with Crippen molar-refractivity contribution >= 4 is 43.1 Å². The van der Waals surface area contributed by atoms with Crippen molar-refractivity contribution in [1.29, 1.82) is 0 Å². The van der Waals surface area contributed by atoms with Gasteiger partial charge in [0.05, 0.1) is 16.2 Å². The molecule has 5 aliphatic carbocycles. The van der Waals surface area contributed by atoms with E-state index in [9.17, 15) is 0 Å². The van der Waals surface area contributed by atoms with Crippen LogP contribution in [0.15, 0.2) is 328 Å². The maximum absolute atomic E-state index is 2.54. The lowest BCUT2D eigenvalue weighted by molar-refractivity contribution is 0.794. The van der Waals surface area contributed by atoms with Gasteiger partial charge in [-0.25, -0.2) is 0 Å². The lowest BCUT2D eigenvalue weighted by Crippen LogP contribution is -2.30. The van der Waals surface area contributed by atoms with E-state index in [0.29, 0.717) is 0 Å². The Hall–Kier alpha value is -11.4. The smallest absolute Gasteiger partial charge is 0.0619 e. The number of rotatable bonds is 4. The van der Waals surface area contributed by atoms with Crippen LogP contribution in [-0.4, -0.2) is 0 Å². The van der Waals surface area contributed by atoms with Gasteiger partial charge in [0.2, 0.25) is 0 Å². The quantitative estimate of drug-likeness (QED) is 0.154. The molecule has 0 heterocycles. The number of hydrogen-bond acceptors (Lipinski definition) is 0. The van der Waals surface area contributed by atoms with Gasteiger partial charge >= 0.3 is 0 Å². The maximum Gasteiger partial charge on any atom is 0.0737 e. The van der Waals surface area contributed by atoms with E-state index in [-0.39, 0.29) is 0 Å². The minimum Gasteiger partial charge on any atom is -0.0619 e. The third kappa shape index (κ3) is 5.93. The van der Waals surface area contributed by atoms with E-state index in [0.717, 1.165) is 0 Å². The molecule has 5 aliphatic rings. The molecule has 91 heavy (non-hydrogen) atoms. The van der Waals surface area contributed by atoms with Gasteiger partial charge in [-0.15, -0.1) is 0 Å². The second-order valence-corrected chi connectivity index (χ2v) is 25.8. The summed E-state index contributed by atoms with van der Waals surface area (Å²) in [5.41, 5.74) is 32.4. The van der Waals surface area contributed by atoms with Crippen LogP contribution in [-0.2, 0) is 16.2 Å². The standard InChI is InChI=1S/C91H54/c1-5-37-69-65(33-1)85(55-49-51-83-73(53-55)63-31-15-21-45-79(63)89(83)75-41-17-9-25-57(75)58-26-10-18-42-76(58)89)66-34-2-6-38-70(66)87(69)91(81-47-23-13-29-61(81)62-30-14-24-48-82(62)91)88-71-39-7-3-35-67(71)86(68-36-4-8-40-72(68)88)56-50-52-84-74(54-56)64-32-16-22-46-80(64)90(84)77-43-19-11-27-59(77)60-28-12-20-44-78(60)90/h1-54H. The zero-order valence-corrected chi connectivity index (χ0v) is 49.7. The van der Waals surface area contributed by atoms with E-state index in [1.54, 1.807) is 0 Å². The molecule has 0 nitrogen and oxygen atoms in total. The Kier molecular flexibility index (Phi) is 9.74. The van der Waals surface area contributed by atoms with Gasteiger partial charge in [-0.2, -0.15) is 0 Å². The minimum atomic E-state index is -0.804. The van der Waals surface area contributed by atoms with E-state index < -0.39 is 16.2 Å². The Morgan fingerprint density at radius 2 is 0.330 bits per heavy atom. The zero-order valence-electron chi connectivity index (χ0n) is 49.7. The third-order valence-electron chi connectivity index (χ3n) is 22.1. The average Bonchev–Trinajstić information content (AvgIpc) is 1.60. The predicted molar refractivity (Wildman–Crippen MR) is 377 cm³/mol. The van der Waals surface area contributed by atoms with Crippen molar-refractivity contribution in [3.63, 3.8) is 0 Å².